The first-order valence-electron chi connectivity index (χ1n) is 10.4. The molecule has 6 nitrogen and oxygen atoms in total. The van der Waals surface area contributed by atoms with Crippen LogP contribution in [0.25, 0.3) is 5.13 Å². The molecule has 1 amide bonds. The zero-order valence-electron chi connectivity index (χ0n) is 16.5. The summed E-state index contributed by atoms with van der Waals surface area (Å²) in [6, 6.07) is 8.54. The molecule has 1 spiro atoms. The van der Waals surface area contributed by atoms with Crippen LogP contribution in [0.5, 0.6) is 0 Å². The fourth-order valence-corrected chi connectivity index (χ4v) is 6.57. The normalized spacial score (nSPS) is 29.0. The van der Waals surface area contributed by atoms with E-state index in [1.54, 1.807) is 11.3 Å². The molecule has 0 aromatic carbocycles. The Hall–Kier alpha value is -2.38. The summed E-state index contributed by atoms with van der Waals surface area (Å²) in [5.41, 5.74) is 0.932. The molecule has 6 rings (SSSR count). The van der Waals surface area contributed by atoms with Crippen LogP contribution in [0.1, 0.15) is 42.5 Å². The van der Waals surface area contributed by atoms with Gasteiger partial charge in [-0.05, 0) is 57.0 Å². The van der Waals surface area contributed by atoms with E-state index in [2.05, 4.69) is 32.8 Å². The molecule has 7 heteroatoms. The van der Waals surface area contributed by atoms with Crippen LogP contribution in [0.15, 0.2) is 46.5 Å². The molecule has 0 unspecified atom stereocenters. The van der Waals surface area contributed by atoms with Crippen molar-refractivity contribution in [2.45, 2.75) is 44.3 Å². The number of rotatable bonds is 4. The molecule has 0 saturated carbocycles. The van der Waals surface area contributed by atoms with E-state index in [0.29, 0.717) is 18.4 Å². The van der Waals surface area contributed by atoms with Crippen molar-refractivity contribution in [1.82, 2.24) is 19.4 Å². The number of hydrogen-bond donors (Lipinski definition) is 0. The maximum atomic E-state index is 13.7. The van der Waals surface area contributed by atoms with Crippen molar-refractivity contribution in [2.75, 3.05) is 13.1 Å². The molecule has 3 fully saturated rings. The Labute approximate surface area is 173 Å². The maximum Gasteiger partial charge on any atom is 0.243 e. The first-order chi connectivity index (χ1) is 14.2. The van der Waals surface area contributed by atoms with Gasteiger partial charge in [0.1, 0.15) is 17.1 Å². The van der Waals surface area contributed by atoms with Gasteiger partial charge in [-0.15, -0.1) is 11.3 Å². The van der Waals surface area contributed by atoms with Gasteiger partial charge < -0.3 is 9.32 Å². The van der Waals surface area contributed by atoms with E-state index in [4.69, 9.17) is 4.42 Å². The monoisotopic (exact) mass is 408 g/mol. The van der Waals surface area contributed by atoms with Crippen molar-refractivity contribution in [2.24, 2.45) is 5.92 Å². The Morgan fingerprint density at radius 2 is 2.28 bits per heavy atom. The van der Waals surface area contributed by atoms with Crippen LogP contribution in [-0.2, 0) is 11.3 Å². The fraction of sp³-hybridized carbons (Fsp3) is 0.455. The summed E-state index contributed by atoms with van der Waals surface area (Å²) in [4.78, 5) is 22.7. The molecule has 29 heavy (non-hydrogen) atoms. The number of carbonyl (C=O) groups is 1. The van der Waals surface area contributed by atoms with E-state index < -0.39 is 0 Å². The van der Waals surface area contributed by atoms with Crippen molar-refractivity contribution < 1.29 is 9.21 Å². The summed E-state index contributed by atoms with van der Waals surface area (Å²) in [7, 11) is 0. The minimum Gasteiger partial charge on any atom is -0.464 e. The van der Waals surface area contributed by atoms with Crippen LogP contribution < -0.4 is 0 Å². The molecule has 0 aliphatic carbocycles. The fourth-order valence-electron chi connectivity index (χ4n) is 5.93. The van der Waals surface area contributed by atoms with Gasteiger partial charge in [-0.1, -0.05) is 0 Å². The minimum absolute atomic E-state index is 0.276. The molecule has 3 aliphatic rings. The van der Waals surface area contributed by atoms with E-state index in [1.165, 1.54) is 5.69 Å². The van der Waals surface area contributed by atoms with Crippen LogP contribution >= 0.6 is 11.3 Å². The highest BCUT2D eigenvalue weighted by Crippen LogP contribution is 2.56. The summed E-state index contributed by atoms with van der Waals surface area (Å²) in [6.45, 7) is 4.34. The average molecular weight is 409 g/mol. The lowest BCUT2D eigenvalue weighted by Gasteiger charge is -2.33. The second-order valence-electron chi connectivity index (χ2n) is 8.49. The molecular weight excluding hydrogens is 384 g/mol. The van der Waals surface area contributed by atoms with Gasteiger partial charge in [0.15, 0.2) is 5.13 Å². The average Bonchev–Trinajstić information content (AvgIpc) is 3.50. The van der Waals surface area contributed by atoms with Crippen molar-refractivity contribution in [3.05, 3.63) is 59.3 Å². The molecule has 0 N–H and O–H groups in total. The smallest absolute Gasteiger partial charge is 0.243 e. The number of thiazole rings is 1. The van der Waals surface area contributed by atoms with Gasteiger partial charge in [-0.2, -0.15) is 0 Å². The number of hydrogen-bond acceptors (Lipinski definition) is 5. The van der Waals surface area contributed by atoms with E-state index in [0.717, 1.165) is 49.0 Å². The number of aromatic nitrogens is 2. The molecule has 3 aromatic heterocycles. The molecule has 3 aliphatic heterocycles. The quantitative estimate of drug-likeness (QED) is 0.659. The van der Waals surface area contributed by atoms with Gasteiger partial charge in [0.25, 0.3) is 0 Å². The molecule has 6 heterocycles. The Balaban J connectivity index is 1.31. The Morgan fingerprint density at radius 1 is 1.34 bits per heavy atom. The van der Waals surface area contributed by atoms with E-state index in [1.807, 2.05) is 35.5 Å². The zero-order chi connectivity index (χ0) is 19.6. The lowest BCUT2D eigenvalue weighted by atomic mass is 9.85. The van der Waals surface area contributed by atoms with Crippen LogP contribution in [-0.4, -0.2) is 43.9 Å². The Morgan fingerprint density at radius 3 is 3.07 bits per heavy atom. The third-order valence-corrected chi connectivity index (χ3v) is 7.79. The summed E-state index contributed by atoms with van der Waals surface area (Å²) < 4.78 is 7.95. The zero-order valence-corrected chi connectivity index (χ0v) is 17.3. The standard InChI is InChI=1S/C22H24N4O2S/c1-15-5-6-17(28-15)14-24-13-16-12-19(26-10-3-7-22(16,26)20(24)27)18-4-2-9-25(18)21-23-8-11-29-21/h2,4-6,8-9,11,16,19H,3,7,10,12-14H2,1H3/t16-,19-,22-/m0/s1. The number of carbonyl (C=O) groups excluding carboxylic acids is 1. The van der Waals surface area contributed by atoms with Gasteiger partial charge >= 0.3 is 0 Å². The van der Waals surface area contributed by atoms with E-state index in [9.17, 15) is 4.79 Å². The van der Waals surface area contributed by atoms with Gasteiger partial charge in [0.05, 0.1) is 12.6 Å². The topological polar surface area (TPSA) is 54.5 Å². The minimum atomic E-state index is -0.329. The Bertz CT molecular complexity index is 1050. The Kier molecular flexibility index (Phi) is 3.80. The molecule has 3 saturated heterocycles. The van der Waals surface area contributed by atoms with E-state index in [-0.39, 0.29) is 11.6 Å². The van der Waals surface area contributed by atoms with Crippen molar-refractivity contribution >= 4 is 17.2 Å². The molecule has 0 bridgehead atoms. The molecule has 150 valence electrons. The van der Waals surface area contributed by atoms with Gasteiger partial charge in [-0.25, -0.2) is 4.98 Å². The van der Waals surface area contributed by atoms with Crippen molar-refractivity contribution in [3.63, 3.8) is 0 Å². The summed E-state index contributed by atoms with van der Waals surface area (Å²) in [6.07, 6.45) is 7.03. The third kappa shape index (κ3) is 2.43. The molecular formula is C22H24N4O2S. The number of likely N-dealkylation sites (tertiary alicyclic amines) is 1. The lowest BCUT2D eigenvalue weighted by Crippen LogP contribution is -2.49. The van der Waals surface area contributed by atoms with Crippen LogP contribution in [0, 0.1) is 12.8 Å². The van der Waals surface area contributed by atoms with Crippen LogP contribution in [0.2, 0.25) is 0 Å². The summed E-state index contributed by atoms with van der Waals surface area (Å²) in [5.74, 6) is 2.45. The second-order valence-corrected chi connectivity index (χ2v) is 9.36. The van der Waals surface area contributed by atoms with Gasteiger partial charge in [-0.3, -0.25) is 14.3 Å². The first-order valence-corrected chi connectivity index (χ1v) is 11.2. The van der Waals surface area contributed by atoms with Crippen molar-refractivity contribution in [3.8, 4) is 5.13 Å². The number of amides is 1. The highest BCUT2D eigenvalue weighted by molar-refractivity contribution is 7.12. The number of furan rings is 1. The predicted octanol–water partition coefficient (Wildman–Crippen LogP) is 3.77. The van der Waals surface area contributed by atoms with Crippen LogP contribution in [0.3, 0.4) is 0 Å². The highest BCUT2D eigenvalue weighted by Gasteiger charge is 2.65. The van der Waals surface area contributed by atoms with E-state index >= 15 is 0 Å². The second kappa shape index (κ2) is 6.31. The third-order valence-electron chi connectivity index (χ3n) is 7.02. The van der Waals surface area contributed by atoms with Crippen LogP contribution in [0.4, 0.5) is 0 Å². The summed E-state index contributed by atoms with van der Waals surface area (Å²) in [5, 5.41) is 3.01. The molecule has 3 aromatic rings. The molecule has 3 atom stereocenters. The molecule has 0 radical (unpaired) electrons. The largest absolute Gasteiger partial charge is 0.464 e. The van der Waals surface area contributed by atoms with Gasteiger partial charge in [0.2, 0.25) is 5.91 Å². The summed E-state index contributed by atoms with van der Waals surface area (Å²) >= 11 is 1.65. The SMILES string of the molecule is Cc1ccc(CN2C[C@@H]3C[C@@H](c4cccn4-c4nccs4)N4CCC[C@@]34C2=O)o1. The van der Waals surface area contributed by atoms with Crippen molar-refractivity contribution in [1.29, 1.82) is 0 Å². The predicted molar refractivity (Wildman–Crippen MR) is 110 cm³/mol. The lowest BCUT2D eigenvalue weighted by molar-refractivity contribution is -0.137. The first kappa shape index (κ1) is 17.5. The van der Waals surface area contributed by atoms with Gasteiger partial charge in [0, 0.05) is 35.9 Å². The number of nitrogens with zero attached hydrogens (tertiary/aromatic N) is 4. The highest BCUT2D eigenvalue weighted by atomic mass is 32.1. The number of aryl methyl sites for hydroxylation is 1. The maximum absolute atomic E-state index is 13.7.